The van der Waals surface area contributed by atoms with E-state index < -0.39 is 0 Å². The van der Waals surface area contributed by atoms with Gasteiger partial charge in [-0.25, -0.2) is 0 Å². The van der Waals surface area contributed by atoms with Crippen molar-refractivity contribution in [2.24, 2.45) is 0 Å². The van der Waals surface area contributed by atoms with Crippen LogP contribution in [0.15, 0.2) is 189 Å². The molecule has 60 heavy (non-hydrogen) atoms. The normalized spacial score (nSPS) is 11.9. The molecule has 0 radical (unpaired) electrons. The Balaban J connectivity index is 0.942. The number of aryl methyl sites for hydroxylation is 2. The molecule has 3 aromatic heterocycles. The Kier molecular flexibility index (Phi) is 7.48. The number of fused-ring (bicyclic) bond motifs is 9. The molecule has 0 saturated carbocycles. The largest absolute Gasteiger partial charge is 0.507 e. The molecule has 4 heteroatoms. The van der Waals surface area contributed by atoms with Gasteiger partial charge in [-0.2, -0.15) is 0 Å². The molecule has 0 aliphatic carbocycles. The van der Waals surface area contributed by atoms with E-state index >= 15 is 0 Å². The second kappa shape index (κ2) is 13.1. The van der Waals surface area contributed by atoms with Crippen LogP contribution < -0.4 is 0 Å². The van der Waals surface area contributed by atoms with Crippen LogP contribution in [0.5, 0.6) is 5.75 Å². The summed E-state index contributed by atoms with van der Waals surface area (Å²) >= 11 is 0. The van der Waals surface area contributed by atoms with Crippen molar-refractivity contribution >= 4 is 65.8 Å². The molecule has 0 spiro atoms. The second-order valence-electron chi connectivity index (χ2n) is 15.9. The predicted octanol–water partition coefficient (Wildman–Crippen LogP) is 16.0. The van der Waals surface area contributed by atoms with Gasteiger partial charge >= 0.3 is 0 Å². The number of furan rings is 3. The van der Waals surface area contributed by atoms with Crippen LogP contribution in [0, 0.1) is 13.8 Å². The Bertz CT molecular complexity index is 3680. The van der Waals surface area contributed by atoms with Crippen molar-refractivity contribution in [3.63, 3.8) is 0 Å². The molecule has 0 saturated heterocycles. The summed E-state index contributed by atoms with van der Waals surface area (Å²) in [5.41, 5.74) is 18.0. The summed E-state index contributed by atoms with van der Waals surface area (Å²) < 4.78 is 19.5. The van der Waals surface area contributed by atoms with Crippen molar-refractivity contribution in [1.82, 2.24) is 0 Å². The van der Waals surface area contributed by atoms with E-state index in [0.29, 0.717) is 0 Å². The molecule has 9 aromatic carbocycles. The van der Waals surface area contributed by atoms with Gasteiger partial charge in [-0.3, -0.25) is 0 Å². The number of hydrogen-bond donors (Lipinski definition) is 1. The SMILES string of the molecule is Cc1cc2oc3cc4c(cc3c2cc1-c1cccc(-c2cc(-c3ccccc3)ccc2O)c1)oc1cc(C)c(-c2ccc3oc5ccc(-c6ccccc6)cc5c3c2)cc14. The average Bonchev–Trinajstić information content (AvgIpc) is 3.94. The zero-order valence-electron chi connectivity index (χ0n) is 32.9. The molecular formula is C56H36O4. The third-order valence-corrected chi connectivity index (χ3v) is 12.2. The minimum absolute atomic E-state index is 0.252. The van der Waals surface area contributed by atoms with Gasteiger partial charge in [0.05, 0.1) is 0 Å². The topological polar surface area (TPSA) is 59.7 Å². The van der Waals surface area contributed by atoms with Gasteiger partial charge in [0.25, 0.3) is 0 Å². The summed E-state index contributed by atoms with van der Waals surface area (Å²) in [5.74, 6) is 0.252. The lowest BCUT2D eigenvalue weighted by Gasteiger charge is -2.12. The van der Waals surface area contributed by atoms with E-state index in [1.165, 1.54) is 5.56 Å². The van der Waals surface area contributed by atoms with E-state index in [2.05, 4.69) is 153 Å². The zero-order chi connectivity index (χ0) is 40.1. The van der Waals surface area contributed by atoms with Crippen molar-refractivity contribution < 1.29 is 18.4 Å². The summed E-state index contributed by atoms with van der Waals surface area (Å²) in [6, 6.07) is 60.9. The highest BCUT2D eigenvalue weighted by Crippen LogP contribution is 2.43. The molecule has 12 rings (SSSR count). The van der Waals surface area contributed by atoms with E-state index in [1.807, 2.05) is 30.3 Å². The van der Waals surface area contributed by atoms with Crippen molar-refractivity contribution in [3.05, 3.63) is 187 Å². The average molecular weight is 773 g/mol. The van der Waals surface area contributed by atoms with Gasteiger partial charge < -0.3 is 18.4 Å². The molecule has 12 aromatic rings. The lowest BCUT2D eigenvalue weighted by atomic mass is 9.93. The third-order valence-electron chi connectivity index (χ3n) is 12.2. The fourth-order valence-electron chi connectivity index (χ4n) is 9.15. The maximum atomic E-state index is 11.0. The zero-order valence-corrected chi connectivity index (χ0v) is 32.9. The standard InChI is InChI=1S/C56H36O4/c1-32-22-53-46(28-41(32)38-14-9-15-39(24-38)43-25-36(16-19-50(43)57)34-10-5-3-6-11-34)48-30-56-49(31-55(48)59-53)47-29-42(33(2)23-54(47)60-56)40-18-21-52-45(27-40)44-26-37(17-20-51(44)58-52)35-12-7-4-8-13-35/h3-31,57H,1-2H3. The Hall–Kier alpha value is -7.82. The number of hydrogen-bond acceptors (Lipinski definition) is 4. The molecule has 4 nitrogen and oxygen atoms in total. The van der Waals surface area contributed by atoms with E-state index in [-0.39, 0.29) is 5.75 Å². The van der Waals surface area contributed by atoms with Gasteiger partial charge in [0.2, 0.25) is 0 Å². The Morgan fingerprint density at radius 1 is 0.283 bits per heavy atom. The van der Waals surface area contributed by atoms with Crippen LogP contribution in [0.2, 0.25) is 0 Å². The van der Waals surface area contributed by atoms with Crippen LogP contribution in [-0.4, -0.2) is 5.11 Å². The van der Waals surface area contributed by atoms with Gasteiger partial charge in [0.1, 0.15) is 39.2 Å². The molecule has 0 amide bonds. The van der Waals surface area contributed by atoms with E-state index in [9.17, 15) is 5.11 Å². The monoisotopic (exact) mass is 772 g/mol. The number of benzene rings is 9. The van der Waals surface area contributed by atoms with Crippen LogP contribution in [-0.2, 0) is 0 Å². The number of phenolic OH excluding ortho intramolecular Hbond substituents is 1. The number of phenols is 1. The van der Waals surface area contributed by atoms with Crippen molar-refractivity contribution in [1.29, 1.82) is 0 Å². The van der Waals surface area contributed by atoms with Gasteiger partial charge in [-0.1, -0.05) is 97.1 Å². The fraction of sp³-hybridized carbons (Fsp3) is 0.0357. The van der Waals surface area contributed by atoms with Gasteiger partial charge in [-0.15, -0.1) is 0 Å². The van der Waals surface area contributed by atoms with Crippen molar-refractivity contribution in [2.45, 2.75) is 13.8 Å². The minimum Gasteiger partial charge on any atom is -0.507 e. The molecule has 1 N–H and O–H groups in total. The van der Waals surface area contributed by atoms with E-state index in [0.717, 1.165) is 127 Å². The first-order chi connectivity index (χ1) is 29.4. The molecule has 0 atom stereocenters. The van der Waals surface area contributed by atoms with Crippen LogP contribution in [0.25, 0.3) is 121 Å². The minimum atomic E-state index is 0.252. The Morgan fingerprint density at radius 2 is 0.683 bits per heavy atom. The molecule has 0 unspecified atom stereocenters. The Labute approximate surface area is 345 Å². The first-order valence-corrected chi connectivity index (χ1v) is 20.3. The van der Waals surface area contributed by atoms with E-state index in [4.69, 9.17) is 13.3 Å². The lowest BCUT2D eigenvalue weighted by Crippen LogP contribution is -1.87. The molecule has 0 bridgehead atoms. The van der Waals surface area contributed by atoms with Gasteiger partial charge in [0.15, 0.2) is 0 Å². The number of rotatable bonds is 5. The summed E-state index contributed by atoms with van der Waals surface area (Å²) in [5, 5.41) is 17.3. The highest BCUT2D eigenvalue weighted by atomic mass is 16.3. The first kappa shape index (κ1) is 34.2. The van der Waals surface area contributed by atoms with Crippen LogP contribution >= 0.6 is 0 Å². The Morgan fingerprint density at radius 3 is 1.27 bits per heavy atom. The highest BCUT2D eigenvalue weighted by molar-refractivity contribution is 6.16. The van der Waals surface area contributed by atoms with E-state index in [1.54, 1.807) is 6.07 Å². The summed E-state index contributed by atoms with van der Waals surface area (Å²) in [7, 11) is 0. The molecule has 3 heterocycles. The van der Waals surface area contributed by atoms with Crippen molar-refractivity contribution in [3.8, 4) is 61.4 Å². The van der Waals surface area contributed by atoms with Crippen LogP contribution in [0.3, 0.4) is 0 Å². The van der Waals surface area contributed by atoms with Gasteiger partial charge in [0, 0.05) is 37.9 Å². The highest BCUT2D eigenvalue weighted by Gasteiger charge is 2.19. The van der Waals surface area contributed by atoms with Crippen LogP contribution in [0.4, 0.5) is 0 Å². The first-order valence-electron chi connectivity index (χ1n) is 20.3. The molecule has 0 aliphatic rings. The summed E-state index contributed by atoms with van der Waals surface area (Å²) in [6.45, 7) is 4.27. The predicted molar refractivity (Wildman–Crippen MR) is 247 cm³/mol. The summed E-state index contributed by atoms with van der Waals surface area (Å²) in [6.07, 6.45) is 0. The smallest absolute Gasteiger partial charge is 0.136 e. The maximum absolute atomic E-state index is 11.0. The summed E-state index contributed by atoms with van der Waals surface area (Å²) in [4.78, 5) is 0. The van der Waals surface area contributed by atoms with Crippen molar-refractivity contribution in [2.75, 3.05) is 0 Å². The fourth-order valence-corrected chi connectivity index (χ4v) is 9.15. The lowest BCUT2D eigenvalue weighted by molar-refractivity contribution is 0.477. The maximum Gasteiger partial charge on any atom is 0.136 e. The molecule has 0 fully saturated rings. The molecule has 0 aliphatic heterocycles. The van der Waals surface area contributed by atoms with Crippen LogP contribution in [0.1, 0.15) is 11.1 Å². The molecule has 284 valence electrons. The second-order valence-corrected chi connectivity index (χ2v) is 15.9. The number of aromatic hydroxyl groups is 1. The third kappa shape index (κ3) is 5.45. The van der Waals surface area contributed by atoms with Gasteiger partial charge in [-0.05, 0) is 154 Å². The molecular weight excluding hydrogens is 737 g/mol. The quantitative estimate of drug-likeness (QED) is 0.189.